The number of carbonyl (C=O) groups is 1. The topological polar surface area (TPSA) is 60.5 Å². The lowest BCUT2D eigenvalue weighted by Gasteiger charge is -2.12. The van der Waals surface area contributed by atoms with Crippen LogP contribution in [0.4, 0.5) is 5.69 Å². The van der Waals surface area contributed by atoms with Gasteiger partial charge in [-0.05, 0) is 30.7 Å². The zero-order chi connectivity index (χ0) is 14.5. The van der Waals surface area contributed by atoms with E-state index < -0.39 is 0 Å². The van der Waals surface area contributed by atoms with E-state index in [2.05, 4.69) is 10.3 Å². The van der Waals surface area contributed by atoms with Gasteiger partial charge in [0.2, 0.25) is 0 Å². The van der Waals surface area contributed by atoms with Gasteiger partial charge in [-0.25, -0.2) is 0 Å². The van der Waals surface area contributed by atoms with Crippen molar-refractivity contribution in [1.82, 2.24) is 4.98 Å². The number of pyridine rings is 1. The van der Waals surface area contributed by atoms with Crippen LogP contribution >= 0.6 is 0 Å². The summed E-state index contributed by atoms with van der Waals surface area (Å²) in [6.45, 7) is 1.84. The number of amides is 1. The number of rotatable bonds is 4. The predicted molar refractivity (Wildman–Crippen MR) is 76.5 cm³/mol. The highest BCUT2D eigenvalue weighted by atomic mass is 16.5. The smallest absolute Gasteiger partial charge is 0.256 e. The van der Waals surface area contributed by atoms with Crippen molar-refractivity contribution >= 4 is 11.6 Å². The van der Waals surface area contributed by atoms with E-state index in [1.54, 1.807) is 50.9 Å². The largest absolute Gasteiger partial charge is 0.497 e. The number of hydrogen-bond donors (Lipinski definition) is 1. The van der Waals surface area contributed by atoms with Crippen molar-refractivity contribution in [1.29, 1.82) is 0 Å². The standard InChI is InChI=1S/C15H16N2O3/c1-10-9-16-7-6-12(10)15(18)17-13-8-11(19-2)4-5-14(13)20-3/h4-9H,1-3H3,(H,17,18). The third kappa shape index (κ3) is 2.88. The van der Waals surface area contributed by atoms with Crippen LogP contribution in [0.25, 0.3) is 0 Å². The Labute approximate surface area is 117 Å². The van der Waals surface area contributed by atoms with E-state index in [4.69, 9.17) is 9.47 Å². The minimum Gasteiger partial charge on any atom is -0.497 e. The molecule has 0 radical (unpaired) electrons. The van der Waals surface area contributed by atoms with Crippen LogP contribution in [0.5, 0.6) is 11.5 Å². The Morgan fingerprint density at radius 2 is 2.00 bits per heavy atom. The molecule has 104 valence electrons. The number of aryl methyl sites for hydroxylation is 1. The molecule has 1 amide bonds. The molecule has 0 atom stereocenters. The van der Waals surface area contributed by atoms with Crippen molar-refractivity contribution in [3.05, 3.63) is 47.8 Å². The molecule has 0 fully saturated rings. The number of benzene rings is 1. The Balaban J connectivity index is 2.29. The third-order valence-electron chi connectivity index (χ3n) is 2.92. The monoisotopic (exact) mass is 272 g/mol. The molecular formula is C15H16N2O3. The Morgan fingerprint density at radius 3 is 2.65 bits per heavy atom. The number of methoxy groups -OCH3 is 2. The lowest BCUT2D eigenvalue weighted by atomic mass is 10.1. The van der Waals surface area contributed by atoms with Gasteiger partial charge in [0.15, 0.2) is 0 Å². The molecule has 1 aromatic heterocycles. The molecule has 2 aromatic rings. The number of carbonyl (C=O) groups excluding carboxylic acids is 1. The van der Waals surface area contributed by atoms with Crippen molar-refractivity contribution in [2.75, 3.05) is 19.5 Å². The Kier molecular flexibility index (Phi) is 4.20. The number of anilines is 1. The van der Waals surface area contributed by atoms with Gasteiger partial charge in [0.05, 0.1) is 19.9 Å². The Morgan fingerprint density at radius 1 is 1.20 bits per heavy atom. The molecule has 5 heteroatoms. The van der Waals surface area contributed by atoms with Crippen LogP contribution in [0.1, 0.15) is 15.9 Å². The molecule has 0 aliphatic carbocycles. The zero-order valence-corrected chi connectivity index (χ0v) is 11.6. The average Bonchev–Trinajstić information content (AvgIpc) is 2.47. The van der Waals surface area contributed by atoms with Gasteiger partial charge in [-0.1, -0.05) is 0 Å². The molecule has 1 N–H and O–H groups in total. The molecule has 0 saturated heterocycles. The van der Waals surface area contributed by atoms with Crippen LogP contribution in [0.3, 0.4) is 0 Å². The van der Waals surface area contributed by atoms with Gasteiger partial charge in [-0.15, -0.1) is 0 Å². The van der Waals surface area contributed by atoms with Crippen LogP contribution < -0.4 is 14.8 Å². The second-order valence-electron chi connectivity index (χ2n) is 4.21. The predicted octanol–water partition coefficient (Wildman–Crippen LogP) is 2.66. The van der Waals surface area contributed by atoms with Crippen molar-refractivity contribution in [3.8, 4) is 11.5 Å². The first-order valence-corrected chi connectivity index (χ1v) is 6.09. The zero-order valence-electron chi connectivity index (χ0n) is 11.6. The Bertz CT molecular complexity index is 626. The highest BCUT2D eigenvalue weighted by Crippen LogP contribution is 2.29. The quantitative estimate of drug-likeness (QED) is 0.929. The Hall–Kier alpha value is -2.56. The fourth-order valence-corrected chi connectivity index (χ4v) is 1.83. The molecule has 1 aromatic carbocycles. The molecule has 2 rings (SSSR count). The summed E-state index contributed by atoms with van der Waals surface area (Å²) in [5, 5.41) is 2.82. The maximum absolute atomic E-state index is 12.3. The molecule has 1 heterocycles. The first kappa shape index (κ1) is 13.9. The summed E-state index contributed by atoms with van der Waals surface area (Å²) in [5.74, 6) is 1.01. The molecule has 0 unspecified atom stereocenters. The third-order valence-corrected chi connectivity index (χ3v) is 2.92. The molecule has 0 spiro atoms. The first-order valence-electron chi connectivity index (χ1n) is 6.09. The van der Waals surface area contributed by atoms with E-state index in [0.29, 0.717) is 22.7 Å². The lowest BCUT2D eigenvalue weighted by molar-refractivity contribution is 0.102. The number of aromatic nitrogens is 1. The van der Waals surface area contributed by atoms with Crippen LogP contribution in [-0.2, 0) is 0 Å². The maximum Gasteiger partial charge on any atom is 0.256 e. The normalized spacial score (nSPS) is 9.95. The summed E-state index contributed by atoms with van der Waals surface area (Å²) >= 11 is 0. The maximum atomic E-state index is 12.3. The SMILES string of the molecule is COc1ccc(OC)c(NC(=O)c2ccncc2C)c1. The highest BCUT2D eigenvalue weighted by molar-refractivity contribution is 6.06. The second-order valence-corrected chi connectivity index (χ2v) is 4.21. The fraction of sp³-hybridized carbons (Fsp3) is 0.200. The lowest BCUT2D eigenvalue weighted by Crippen LogP contribution is -2.14. The minimum absolute atomic E-state index is 0.212. The highest BCUT2D eigenvalue weighted by Gasteiger charge is 2.12. The van der Waals surface area contributed by atoms with E-state index in [9.17, 15) is 4.79 Å². The number of nitrogens with one attached hydrogen (secondary N) is 1. The summed E-state index contributed by atoms with van der Waals surface area (Å²) in [6, 6.07) is 6.91. The molecule has 20 heavy (non-hydrogen) atoms. The number of hydrogen-bond acceptors (Lipinski definition) is 4. The van der Waals surface area contributed by atoms with E-state index in [-0.39, 0.29) is 5.91 Å². The molecule has 0 aliphatic heterocycles. The van der Waals surface area contributed by atoms with Crippen LogP contribution in [-0.4, -0.2) is 25.1 Å². The average molecular weight is 272 g/mol. The second kappa shape index (κ2) is 6.06. The van der Waals surface area contributed by atoms with E-state index >= 15 is 0 Å². The van der Waals surface area contributed by atoms with Gasteiger partial charge in [-0.2, -0.15) is 0 Å². The van der Waals surface area contributed by atoms with Crippen LogP contribution in [0.15, 0.2) is 36.7 Å². The molecular weight excluding hydrogens is 256 g/mol. The van der Waals surface area contributed by atoms with Crippen LogP contribution in [0, 0.1) is 6.92 Å². The first-order chi connectivity index (χ1) is 9.65. The van der Waals surface area contributed by atoms with Gasteiger partial charge < -0.3 is 14.8 Å². The summed E-state index contributed by atoms with van der Waals surface area (Å²) in [4.78, 5) is 16.2. The van der Waals surface area contributed by atoms with E-state index in [0.717, 1.165) is 5.56 Å². The minimum atomic E-state index is -0.212. The summed E-state index contributed by atoms with van der Waals surface area (Å²) in [5.41, 5.74) is 1.95. The molecule has 0 aliphatic rings. The number of ether oxygens (including phenoxy) is 2. The van der Waals surface area contributed by atoms with E-state index in [1.165, 1.54) is 0 Å². The summed E-state index contributed by atoms with van der Waals surface area (Å²) < 4.78 is 10.4. The summed E-state index contributed by atoms with van der Waals surface area (Å²) in [6.07, 6.45) is 3.24. The van der Waals surface area contributed by atoms with Gasteiger partial charge in [0, 0.05) is 24.0 Å². The van der Waals surface area contributed by atoms with Crippen LogP contribution in [0.2, 0.25) is 0 Å². The van der Waals surface area contributed by atoms with Gasteiger partial charge in [0.1, 0.15) is 11.5 Å². The van der Waals surface area contributed by atoms with Crippen molar-refractivity contribution in [2.24, 2.45) is 0 Å². The van der Waals surface area contributed by atoms with Gasteiger partial charge in [0.25, 0.3) is 5.91 Å². The van der Waals surface area contributed by atoms with Crippen molar-refractivity contribution < 1.29 is 14.3 Å². The van der Waals surface area contributed by atoms with Gasteiger partial charge >= 0.3 is 0 Å². The molecule has 0 saturated carbocycles. The summed E-state index contributed by atoms with van der Waals surface area (Å²) in [7, 11) is 3.12. The fourth-order valence-electron chi connectivity index (χ4n) is 1.83. The van der Waals surface area contributed by atoms with Crippen molar-refractivity contribution in [2.45, 2.75) is 6.92 Å². The number of nitrogens with zero attached hydrogens (tertiary/aromatic N) is 1. The van der Waals surface area contributed by atoms with Crippen molar-refractivity contribution in [3.63, 3.8) is 0 Å². The van der Waals surface area contributed by atoms with E-state index in [1.807, 2.05) is 6.92 Å². The molecule has 0 bridgehead atoms. The molecule has 5 nitrogen and oxygen atoms in total. The van der Waals surface area contributed by atoms with Gasteiger partial charge in [-0.3, -0.25) is 9.78 Å².